The third-order valence-corrected chi connectivity index (χ3v) is 4.27. The number of aliphatic hydroxyl groups excluding tert-OH is 1. The monoisotopic (exact) mass is 399 g/mol. The summed E-state index contributed by atoms with van der Waals surface area (Å²) < 4.78 is 10.8. The maximum absolute atomic E-state index is 12.4. The molecule has 0 aliphatic rings. The maximum Gasteiger partial charge on any atom is 0.320 e. The minimum atomic E-state index is -0.594. The standard InChI is InChI=1S/C20H25N5O4/c1-12(26)10-29-11-16-18-15(24-25-19(18)28-3)9-17(22-16)23-20(27)21-13(2)14-7-5-4-6-8-14/h4-9,12-13,26H,10-11H2,1-3H3,(H,24,25)(H2,21,22,23,27). The van der Waals surface area contributed by atoms with Gasteiger partial charge in [-0.3, -0.25) is 10.4 Å². The lowest BCUT2D eigenvalue weighted by Crippen LogP contribution is -2.31. The summed E-state index contributed by atoms with van der Waals surface area (Å²) in [5.74, 6) is 0.731. The number of anilines is 1. The number of carbonyl (C=O) groups is 1. The first-order chi connectivity index (χ1) is 14.0. The van der Waals surface area contributed by atoms with Crippen molar-refractivity contribution in [2.45, 2.75) is 32.6 Å². The van der Waals surface area contributed by atoms with E-state index in [4.69, 9.17) is 9.47 Å². The molecule has 3 rings (SSSR count). The molecule has 2 amide bonds. The largest absolute Gasteiger partial charge is 0.479 e. The molecule has 0 aliphatic carbocycles. The highest BCUT2D eigenvalue weighted by atomic mass is 16.5. The molecule has 0 saturated heterocycles. The third kappa shape index (κ3) is 5.21. The van der Waals surface area contributed by atoms with Crippen LogP contribution in [0.4, 0.5) is 10.6 Å². The van der Waals surface area contributed by atoms with E-state index in [1.165, 1.54) is 7.11 Å². The predicted octanol–water partition coefficient (Wildman–Crippen LogP) is 2.75. The highest BCUT2D eigenvalue weighted by Gasteiger charge is 2.17. The Bertz CT molecular complexity index is 958. The summed E-state index contributed by atoms with van der Waals surface area (Å²) in [4.78, 5) is 16.9. The summed E-state index contributed by atoms with van der Waals surface area (Å²) in [7, 11) is 1.51. The van der Waals surface area contributed by atoms with Crippen molar-refractivity contribution in [3.8, 4) is 5.88 Å². The number of rotatable bonds is 8. The summed E-state index contributed by atoms with van der Waals surface area (Å²) in [5, 5.41) is 22.7. The molecule has 29 heavy (non-hydrogen) atoms. The minimum Gasteiger partial charge on any atom is -0.479 e. The highest BCUT2D eigenvalue weighted by Crippen LogP contribution is 2.28. The third-order valence-electron chi connectivity index (χ3n) is 4.27. The Kier molecular flexibility index (Phi) is 6.63. The van der Waals surface area contributed by atoms with Crippen LogP contribution in [0.3, 0.4) is 0 Å². The smallest absolute Gasteiger partial charge is 0.320 e. The van der Waals surface area contributed by atoms with Crippen molar-refractivity contribution in [1.29, 1.82) is 0 Å². The number of nitrogens with one attached hydrogen (secondary N) is 3. The van der Waals surface area contributed by atoms with Crippen LogP contribution in [0, 0.1) is 0 Å². The zero-order valence-electron chi connectivity index (χ0n) is 16.6. The first-order valence-corrected chi connectivity index (χ1v) is 9.28. The molecule has 0 radical (unpaired) electrons. The lowest BCUT2D eigenvalue weighted by molar-refractivity contribution is 0.0368. The average Bonchev–Trinajstić information content (AvgIpc) is 3.11. The van der Waals surface area contributed by atoms with Crippen molar-refractivity contribution < 1.29 is 19.4 Å². The summed E-state index contributed by atoms with van der Waals surface area (Å²) in [6.45, 7) is 3.84. The van der Waals surface area contributed by atoms with Gasteiger partial charge in [-0.05, 0) is 19.4 Å². The molecule has 154 valence electrons. The fourth-order valence-corrected chi connectivity index (χ4v) is 2.91. The van der Waals surface area contributed by atoms with Crippen LogP contribution in [0.15, 0.2) is 36.4 Å². The number of nitrogens with zero attached hydrogens (tertiary/aromatic N) is 2. The molecule has 0 saturated carbocycles. The molecule has 0 spiro atoms. The van der Waals surface area contributed by atoms with Gasteiger partial charge in [-0.2, -0.15) is 0 Å². The number of carbonyl (C=O) groups excluding carboxylic acids is 1. The second-order valence-electron chi connectivity index (χ2n) is 6.70. The van der Waals surface area contributed by atoms with E-state index in [2.05, 4.69) is 25.8 Å². The van der Waals surface area contributed by atoms with Crippen LogP contribution in [-0.4, -0.2) is 46.1 Å². The van der Waals surface area contributed by atoms with E-state index in [9.17, 15) is 9.90 Å². The molecule has 2 unspecified atom stereocenters. The van der Waals surface area contributed by atoms with E-state index >= 15 is 0 Å². The molecular formula is C20H25N5O4. The van der Waals surface area contributed by atoms with E-state index in [1.54, 1.807) is 13.0 Å². The van der Waals surface area contributed by atoms with Crippen LogP contribution in [0.2, 0.25) is 0 Å². The van der Waals surface area contributed by atoms with E-state index in [0.29, 0.717) is 28.3 Å². The molecule has 0 fully saturated rings. The maximum atomic E-state index is 12.4. The topological polar surface area (TPSA) is 121 Å². The van der Waals surface area contributed by atoms with Crippen molar-refractivity contribution in [1.82, 2.24) is 20.5 Å². The quantitative estimate of drug-likeness (QED) is 0.462. The van der Waals surface area contributed by atoms with Crippen molar-refractivity contribution in [2.24, 2.45) is 0 Å². The van der Waals surface area contributed by atoms with Crippen LogP contribution in [0.25, 0.3) is 10.9 Å². The zero-order chi connectivity index (χ0) is 20.8. The summed E-state index contributed by atoms with van der Waals surface area (Å²) >= 11 is 0. The van der Waals surface area contributed by atoms with Gasteiger partial charge >= 0.3 is 6.03 Å². The van der Waals surface area contributed by atoms with Gasteiger partial charge in [0, 0.05) is 6.07 Å². The van der Waals surface area contributed by atoms with Gasteiger partial charge in [-0.15, -0.1) is 5.10 Å². The zero-order valence-corrected chi connectivity index (χ0v) is 16.6. The Hall–Kier alpha value is -3.17. The molecule has 0 aliphatic heterocycles. The van der Waals surface area contributed by atoms with Gasteiger partial charge in [0.25, 0.3) is 0 Å². The van der Waals surface area contributed by atoms with Crippen LogP contribution in [0.1, 0.15) is 31.1 Å². The number of hydrogen-bond donors (Lipinski definition) is 4. The van der Waals surface area contributed by atoms with Gasteiger partial charge in [0.2, 0.25) is 5.88 Å². The lowest BCUT2D eigenvalue weighted by atomic mass is 10.1. The molecular weight excluding hydrogens is 374 g/mol. The molecule has 3 aromatic rings. The van der Waals surface area contributed by atoms with E-state index in [1.807, 2.05) is 37.3 Å². The van der Waals surface area contributed by atoms with E-state index < -0.39 is 6.10 Å². The fraction of sp³-hybridized carbons (Fsp3) is 0.350. The van der Waals surface area contributed by atoms with Crippen molar-refractivity contribution >= 4 is 22.8 Å². The molecule has 1 aromatic carbocycles. The molecule has 2 heterocycles. The average molecular weight is 399 g/mol. The first-order valence-electron chi connectivity index (χ1n) is 9.28. The molecule has 9 nitrogen and oxygen atoms in total. The molecule has 9 heteroatoms. The normalized spacial score (nSPS) is 13.1. The first kappa shape index (κ1) is 20.6. The lowest BCUT2D eigenvalue weighted by Gasteiger charge is -2.15. The van der Waals surface area contributed by atoms with Crippen LogP contribution >= 0.6 is 0 Å². The number of amides is 2. The molecule has 2 atom stereocenters. The number of aromatic amines is 1. The Balaban J connectivity index is 1.77. The number of benzene rings is 1. The highest BCUT2D eigenvalue weighted by molar-refractivity contribution is 5.93. The number of fused-ring (bicyclic) bond motifs is 1. The van der Waals surface area contributed by atoms with Crippen LogP contribution < -0.4 is 15.4 Å². The molecule has 2 aromatic heterocycles. The van der Waals surface area contributed by atoms with Gasteiger partial charge in [0.15, 0.2) is 0 Å². The summed E-state index contributed by atoms with van der Waals surface area (Å²) in [6, 6.07) is 10.8. The number of aliphatic hydroxyl groups is 1. The summed E-state index contributed by atoms with van der Waals surface area (Å²) in [6.07, 6.45) is -0.594. The number of methoxy groups -OCH3 is 1. The Morgan fingerprint density at radius 3 is 2.72 bits per heavy atom. The molecule has 0 bridgehead atoms. The van der Waals surface area contributed by atoms with Crippen LogP contribution in [0.5, 0.6) is 5.88 Å². The second kappa shape index (κ2) is 9.35. The summed E-state index contributed by atoms with van der Waals surface area (Å²) in [5.41, 5.74) is 2.19. The Morgan fingerprint density at radius 1 is 1.28 bits per heavy atom. The van der Waals surface area contributed by atoms with Gasteiger partial charge in [0.05, 0.1) is 49.1 Å². The fourth-order valence-electron chi connectivity index (χ4n) is 2.91. The van der Waals surface area contributed by atoms with Gasteiger partial charge in [-0.1, -0.05) is 30.3 Å². The number of H-pyrrole nitrogens is 1. The van der Waals surface area contributed by atoms with Gasteiger partial charge in [0.1, 0.15) is 5.82 Å². The second-order valence-corrected chi connectivity index (χ2v) is 6.70. The van der Waals surface area contributed by atoms with Crippen molar-refractivity contribution in [3.63, 3.8) is 0 Å². The minimum absolute atomic E-state index is 0.134. The molecule has 4 N–H and O–H groups in total. The number of hydrogen-bond acceptors (Lipinski definition) is 6. The number of urea groups is 1. The van der Waals surface area contributed by atoms with Crippen molar-refractivity contribution in [3.05, 3.63) is 47.7 Å². The van der Waals surface area contributed by atoms with E-state index in [-0.39, 0.29) is 25.3 Å². The Morgan fingerprint density at radius 2 is 2.03 bits per heavy atom. The Labute approximate surface area is 168 Å². The van der Waals surface area contributed by atoms with Crippen LogP contribution in [-0.2, 0) is 11.3 Å². The van der Waals surface area contributed by atoms with Gasteiger partial charge < -0.3 is 19.9 Å². The SMILES string of the molecule is COc1n[nH]c2cc(NC(=O)NC(C)c3ccccc3)nc(COCC(C)O)c12. The predicted molar refractivity (Wildman–Crippen MR) is 109 cm³/mol. The number of pyridine rings is 1. The van der Waals surface area contributed by atoms with Gasteiger partial charge in [-0.25, -0.2) is 9.78 Å². The van der Waals surface area contributed by atoms with E-state index in [0.717, 1.165) is 5.56 Å². The number of ether oxygens (including phenoxy) is 2. The number of aromatic nitrogens is 3. The van der Waals surface area contributed by atoms with Crippen molar-refractivity contribution in [2.75, 3.05) is 19.0 Å².